The molecule has 2 N–H and O–H groups in total. The van der Waals surface area contributed by atoms with E-state index in [1.807, 2.05) is 25.2 Å². The highest BCUT2D eigenvalue weighted by Gasteiger charge is 2.21. The number of amides is 1. The standard InChI is InChI=1S/C22H30N2O3/c1-3-5-6-20(4-2)27-14-13-17-7-9-18(10-8-17)15-24-22(26)19-11-12-21(25)23-16-19/h3-6,11-12,16-18H,1,7-10,13-15H2,2H3,(H,23,25)(H,24,26)/b6-5-,20-4+. The molecule has 0 aliphatic heterocycles. The van der Waals surface area contributed by atoms with Crippen molar-refractivity contribution in [3.05, 3.63) is 70.9 Å². The first kappa shape index (κ1) is 20.7. The van der Waals surface area contributed by atoms with Gasteiger partial charge in [-0.25, -0.2) is 0 Å². The van der Waals surface area contributed by atoms with Crippen molar-refractivity contribution in [1.29, 1.82) is 0 Å². The van der Waals surface area contributed by atoms with Crippen LogP contribution in [0.2, 0.25) is 0 Å². The van der Waals surface area contributed by atoms with Crippen LogP contribution in [0, 0.1) is 11.8 Å². The molecule has 1 aliphatic rings. The lowest BCUT2D eigenvalue weighted by Crippen LogP contribution is -2.31. The minimum atomic E-state index is -0.202. The molecule has 1 heterocycles. The van der Waals surface area contributed by atoms with Crippen molar-refractivity contribution in [3.8, 4) is 0 Å². The summed E-state index contributed by atoms with van der Waals surface area (Å²) in [6.07, 6.45) is 14.6. The van der Waals surface area contributed by atoms with Gasteiger partial charge in [0.2, 0.25) is 5.56 Å². The maximum atomic E-state index is 12.1. The van der Waals surface area contributed by atoms with Crippen LogP contribution in [0.25, 0.3) is 0 Å². The van der Waals surface area contributed by atoms with E-state index in [1.54, 1.807) is 12.1 Å². The Labute approximate surface area is 161 Å². The normalized spacial score (nSPS) is 20.4. The van der Waals surface area contributed by atoms with Gasteiger partial charge in [-0.05, 0) is 69.1 Å². The van der Waals surface area contributed by atoms with Crippen molar-refractivity contribution in [2.45, 2.75) is 39.0 Å². The topological polar surface area (TPSA) is 71.2 Å². The van der Waals surface area contributed by atoms with Crippen LogP contribution in [-0.2, 0) is 4.74 Å². The SMILES string of the molecule is C=C/C=C\C(=C/C)OCCC1CCC(CNC(=O)c2ccc(=O)[nH]c2)CC1. The van der Waals surface area contributed by atoms with Gasteiger partial charge in [0.25, 0.3) is 5.91 Å². The number of hydrogen-bond donors (Lipinski definition) is 2. The Morgan fingerprint density at radius 1 is 1.30 bits per heavy atom. The average Bonchev–Trinajstić information content (AvgIpc) is 2.70. The van der Waals surface area contributed by atoms with E-state index in [0.29, 0.717) is 23.9 Å². The number of allylic oxidation sites excluding steroid dienone is 4. The van der Waals surface area contributed by atoms with Crippen LogP contribution in [0.3, 0.4) is 0 Å². The molecule has 0 saturated heterocycles. The van der Waals surface area contributed by atoms with Crippen molar-refractivity contribution in [3.63, 3.8) is 0 Å². The first-order valence-corrected chi connectivity index (χ1v) is 9.67. The Bertz CT molecular complexity index is 705. The minimum absolute atomic E-state index is 0.131. The van der Waals surface area contributed by atoms with Gasteiger partial charge in [-0.1, -0.05) is 18.7 Å². The number of ether oxygens (including phenoxy) is 1. The zero-order valence-corrected chi connectivity index (χ0v) is 16.1. The minimum Gasteiger partial charge on any atom is -0.494 e. The zero-order chi connectivity index (χ0) is 19.5. The van der Waals surface area contributed by atoms with E-state index in [-0.39, 0.29) is 11.5 Å². The molecule has 1 saturated carbocycles. The second-order valence-electron chi connectivity index (χ2n) is 6.96. The van der Waals surface area contributed by atoms with Crippen molar-refractivity contribution in [2.24, 2.45) is 11.8 Å². The van der Waals surface area contributed by atoms with E-state index >= 15 is 0 Å². The number of H-pyrrole nitrogens is 1. The molecule has 27 heavy (non-hydrogen) atoms. The third kappa shape index (κ3) is 7.29. The molecule has 1 amide bonds. The highest BCUT2D eigenvalue weighted by Crippen LogP contribution is 2.30. The second kappa shape index (κ2) is 11.2. The molecule has 1 aliphatic carbocycles. The van der Waals surface area contributed by atoms with Gasteiger partial charge >= 0.3 is 0 Å². The summed E-state index contributed by atoms with van der Waals surface area (Å²) in [7, 11) is 0. The van der Waals surface area contributed by atoms with Gasteiger partial charge in [-0.15, -0.1) is 0 Å². The Balaban J connectivity index is 1.64. The number of nitrogens with one attached hydrogen (secondary N) is 2. The highest BCUT2D eigenvalue weighted by atomic mass is 16.5. The number of carbonyl (C=O) groups is 1. The second-order valence-corrected chi connectivity index (χ2v) is 6.96. The molecule has 0 aromatic carbocycles. The van der Waals surface area contributed by atoms with Gasteiger partial charge in [0.15, 0.2) is 0 Å². The van der Waals surface area contributed by atoms with E-state index in [9.17, 15) is 9.59 Å². The lowest BCUT2D eigenvalue weighted by molar-refractivity contribution is 0.0939. The summed E-state index contributed by atoms with van der Waals surface area (Å²) in [4.78, 5) is 25.7. The molecule has 1 aromatic rings. The molecular weight excluding hydrogens is 340 g/mol. The van der Waals surface area contributed by atoms with Crippen molar-refractivity contribution in [1.82, 2.24) is 10.3 Å². The first-order chi connectivity index (χ1) is 13.1. The summed E-state index contributed by atoms with van der Waals surface area (Å²) in [5.74, 6) is 1.97. The van der Waals surface area contributed by atoms with Gasteiger partial charge in [0.1, 0.15) is 5.76 Å². The number of carbonyl (C=O) groups excluding carboxylic acids is 1. The molecule has 0 spiro atoms. The van der Waals surface area contributed by atoms with Crippen LogP contribution < -0.4 is 10.9 Å². The van der Waals surface area contributed by atoms with Crippen LogP contribution in [0.1, 0.15) is 49.4 Å². The molecule has 1 aromatic heterocycles. The molecule has 1 fully saturated rings. The molecule has 0 bridgehead atoms. The Morgan fingerprint density at radius 3 is 2.67 bits per heavy atom. The number of pyridine rings is 1. The zero-order valence-electron chi connectivity index (χ0n) is 16.1. The van der Waals surface area contributed by atoms with Gasteiger partial charge in [0.05, 0.1) is 12.2 Å². The molecule has 146 valence electrons. The Hall–Kier alpha value is -2.56. The lowest BCUT2D eigenvalue weighted by Gasteiger charge is -2.28. The molecule has 2 rings (SSSR count). The quantitative estimate of drug-likeness (QED) is 0.510. The molecular formula is C22H30N2O3. The van der Waals surface area contributed by atoms with Crippen LogP contribution in [-0.4, -0.2) is 24.0 Å². The fourth-order valence-corrected chi connectivity index (χ4v) is 3.35. The molecule has 0 radical (unpaired) electrons. The third-order valence-corrected chi connectivity index (χ3v) is 5.04. The van der Waals surface area contributed by atoms with Crippen molar-refractivity contribution >= 4 is 5.91 Å². The summed E-state index contributed by atoms with van der Waals surface area (Å²) >= 11 is 0. The summed E-state index contributed by atoms with van der Waals surface area (Å²) in [6, 6.07) is 2.92. The van der Waals surface area contributed by atoms with Gasteiger partial charge < -0.3 is 15.0 Å². The van der Waals surface area contributed by atoms with E-state index in [2.05, 4.69) is 16.9 Å². The maximum Gasteiger partial charge on any atom is 0.252 e. The van der Waals surface area contributed by atoms with Gasteiger partial charge in [-0.3, -0.25) is 9.59 Å². The highest BCUT2D eigenvalue weighted by molar-refractivity contribution is 5.93. The maximum absolute atomic E-state index is 12.1. The van der Waals surface area contributed by atoms with Crippen LogP contribution >= 0.6 is 0 Å². The number of rotatable bonds is 9. The largest absolute Gasteiger partial charge is 0.494 e. The fourth-order valence-electron chi connectivity index (χ4n) is 3.35. The van der Waals surface area contributed by atoms with E-state index in [4.69, 9.17) is 4.74 Å². The van der Waals surface area contributed by atoms with Crippen LogP contribution in [0.5, 0.6) is 0 Å². The number of aromatic amines is 1. The van der Waals surface area contributed by atoms with Gasteiger partial charge in [-0.2, -0.15) is 0 Å². The van der Waals surface area contributed by atoms with Crippen LogP contribution in [0.4, 0.5) is 0 Å². The van der Waals surface area contributed by atoms with Crippen LogP contribution in [0.15, 0.2) is 59.8 Å². The summed E-state index contributed by atoms with van der Waals surface area (Å²) in [6.45, 7) is 7.06. The van der Waals surface area contributed by atoms with Crippen molar-refractivity contribution in [2.75, 3.05) is 13.2 Å². The summed E-state index contributed by atoms with van der Waals surface area (Å²) in [5.41, 5.74) is 0.290. The lowest BCUT2D eigenvalue weighted by atomic mass is 9.80. The fraction of sp³-hybridized carbons (Fsp3) is 0.455. The predicted molar refractivity (Wildman–Crippen MR) is 109 cm³/mol. The van der Waals surface area contributed by atoms with Crippen molar-refractivity contribution < 1.29 is 9.53 Å². The van der Waals surface area contributed by atoms with E-state index in [0.717, 1.165) is 31.6 Å². The molecule has 5 heteroatoms. The summed E-state index contributed by atoms with van der Waals surface area (Å²) in [5, 5.41) is 2.98. The number of hydrogen-bond acceptors (Lipinski definition) is 3. The molecule has 0 unspecified atom stereocenters. The molecule has 5 nitrogen and oxygen atoms in total. The molecule has 0 atom stereocenters. The monoisotopic (exact) mass is 370 g/mol. The Morgan fingerprint density at radius 2 is 2.04 bits per heavy atom. The third-order valence-electron chi connectivity index (χ3n) is 5.04. The van der Waals surface area contributed by atoms with E-state index in [1.165, 1.54) is 25.1 Å². The average molecular weight is 370 g/mol. The smallest absolute Gasteiger partial charge is 0.252 e. The first-order valence-electron chi connectivity index (χ1n) is 9.67. The predicted octanol–water partition coefficient (Wildman–Crippen LogP) is 3.96. The van der Waals surface area contributed by atoms with E-state index < -0.39 is 0 Å². The number of aromatic nitrogens is 1. The summed E-state index contributed by atoms with van der Waals surface area (Å²) < 4.78 is 5.80. The Kier molecular flexibility index (Phi) is 8.62. The van der Waals surface area contributed by atoms with Gasteiger partial charge in [0, 0.05) is 18.8 Å².